The molecule has 120 valence electrons. The van der Waals surface area contributed by atoms with Crippen LogP contribution in [-0.2, 0) is 9.59 Å². The number of hydrogen-bond acceptors (Lipinski definition) is 4. The molecule has 0 saturated carbocycles. The van der Waals surface area contributed by atoms with Gasteiger partial charge >= 0.3 is 0 Å². The molecule has 6 nitrogen and oxygen atoms in total. The number of nitrogens with two attached hydrogens (primary N) is 2. The van der Waals surface area contributed by atoms with Gasteiger partial charge in [0.05, 0.1) is 5.69 Å². The molecule has 1 aromatic carbocycles. The molecule has 1 unspecified atom stereocenters. The number of hydrogen-bond donors (Lipinski definition) is 2. The summed E-state index contributed by atoms with van der Waals surface area (Å²) in [6, 6.07) is 5.43. The Morgan fingerprint density at radius 1 is 1.36 bits per heavy atom. The van der Waals surface area contributed by atoms with Gasteiger partial charge in [0.2, 0.25) is 5.91 Å². The first-order valence-corrected chi connectivity index (χ1v) is 7.58. The predicted molar refractivity (Wildman–Crippen MR) is 84.5 cm³/mol. The summed E-state index contributed by atoms with van der Waals surface area (Å²) in [6.07, 6.45) is 1.96. The quantitative estimate of drug-likeness (QED) is 0.828. The van der Waals surface area contributed by atoms with Crippen molar-refractivity contribution in [2.45, 2.75) is 32.7 Å². The van der Waals surface area contributed by atoms with E-state index in [1.54, 1.807) is 6.07 Å². The normalized spacial score (nSPS) is 15.5. The Kier molecular flexibility index (Phi) is 5.03. The standard InChI is InChI=1S/C16H23N3O3/c1-3-10(4-2)16(18)11-5-6-13-12(7-11)19(8-14(17)20)15(21)9-22-13/h5-7,10,16H,3-4,8-9,18H2,1-2H3,(H2,17,20). The highest BCUT2D eigenvalue weighted by molar-refractivity contribution is 6.01. The molecular formula is C16H23N3O3. The van der Waals surface area contributed by atoms with Crippen LogP contribution in [0.4, 0.5) is 5.69 Å². The van der Waals surface area contributed by atoms with Gasteiger partial charge in [0.25, 0.3) is 5.91 Å². The molecule has 6 heteroatoms. The lowest BCUT2D eigenvalue weighted by molar-refractivity contribution is -0.124. The molecule has 0 aromatic heterocycles. The SMILES string of the molecule is CCC(CC)C(N)c1ccc2c(c1)N(CC(N)=O)C(=O)CO2. The van der Waals surface area contributed by atoms with Crippen molar-refractivity contribution in [3.05, 3.63) is 23.8 Å². The number of carbonyl (C=O) groups is 2. The van der Waals surface area contributed by atoms with Crippen molar-refractivity contribution < 1.29 is 14.3 Å². The fraction of sp³-hybridized carbons (Fsp3) is 0.500. The number of anilines is 1. The average molecular weight is 305 g/mol. The zero-order chi connectivity index (χ0) is 16.3. The van der Waals surface area contributed by atoms with Crippen molar-refractivity contribution >= 4 is 17.5 Å². The lowest BCUT2D eigenvalue weighted by Crippen LogP contribution is -2.43. The number of rotatable bonds is 6. The van der Waals surface area contributed by atoms with Crippen LogP contribution in [-0.4, -0.2) is 25.0 Å². The number of ether oxygens (including phenoxy) is 1. The molecule has 0 spiro atoms. The van der Waals surface area contributed by atoms with Crippen molar-refractivity contribution in [3.63, 3.8) is 0 Å². The Bertz CT molecular complexity index is 570. The minimum absolute atomic E-state index is 0.0851. The maximum atomic E-state index is 12.0. The number of carbonyl (C=O) groups excluding carboxylic acids is 2. The Hall–Kier alpha value is -2.08. The van der Waals surface area contributed by atoms with E-state index in [4.69, 9.17) is 16.2 Å². The van der Waals surface area contributed by atoms with E-state index in [1.165, 1.54) is 4.90 Å². The van der Waals surface area contributed by atoms with Crippen LogP contribution >= 0.6 is 0 Å². The van der Waals surface area contributed by atoms with Crippen molar-refractivity contribution in [2.75, 3.05) is 18.1 Å². The fourth-order valence-corrected chi connectivity index (χ4v) is 2.82. The van der Waals surface area contributed by atoms with Gasteiger partial charge in [-0.1, -0.05) is 32.8 Å². The number of benzene rings is 1. The van der Waals surface area contributed by atoms with Gasteiger partial charge in [-0.05, 0) is 23.6 Å². The summed E-state index contributed by atoms with van der Waals surface area (Å²) in [6.45, 7) is 3.98. The monoisotopic (exact) mass is 305 g/mol. The maximum absolute atomic E-state index is 12.0. The second kappa shape index (κ2) is 6.79. The van der Waals surface area contributed by atoms with Crippen LogP contribution in [0.3, 0.4) is 0 Å². The number of fused-ring (bicyclic) bond motifs is 1. The van der Waals surface area contributed by atoms with Crippen molar-refractivity contribution in [2.24, 2.45) is 17.4 Å². The van der Waals surface area contributed by atoms with Crippen molar-refractivity contribution in [1.82, 2.24) is 0 Å². The summed E-state index contributed by atoms with van der Waals surface area (Å²) in [4.78, 5) is 24.6. The highest BCUT2D eigenvalue weighted by Crippen LogP contribution is 2.36. The second-order valence-corrected chi connectivity index (χ2v) is 5.56. The smallest absolute Gasteiger partial charge is 0.265 e. The van der Waals surface area contributed by atoms with Gasteiger partial charge in [0.15, 0.2) is 6.61 Å². The highest BCUT2D eigenvalue weighted by atomic mass is 16.5. The molecule has 1 aliphatic heterocycles. The molecule has 0 fully saturated rings. The van der Waals surface area contributed by atoms with Gasteiger partial charge in [-0.15, -0.1) is 0 Å². The van der Waals surface area contributed by atoms with Crippen LogP contribution in [0, 0.1) is 5.92 Å². The number of amides is 2. The summed E-state index contributed by atoms with van der Waals surface area (Å²) in [5.41, 5.74) is 13.1. The fourth-order valence-electron chi connectivity index (χ4n) is 2.82. The van der Waals surface area contributed by atoms with E-state index < -0.39 is 5.91 Å². The van der Waals surface area contributed by atoms with Gasteiger partial charge in [-0.2, -0.15) is 0 Å². The summed E-state index contributed by atoms with van der Waals surface area (Å²) >= 11 is 0. The third-order valence-electron chi connectivity index (χ3n) is 4.18. The first kappa shape index (κ1) is 16.3. The summed E-state index contributed by atoms with van der Waals surface area (Å²) in [7, 11) is 0. The molecule has 1 atom stereocenters. The molecule has 1 heterocycles. The van der Waals surface area contributed by atoms with E-state index in [2.05, 4.69) is 13.8 Å². The van der Waals surface area contributed by atoms with Crippen molar-refractivity contribution in [1.29, 1.82) is 0 Å². The second-order valence-electron chi connectivity index (χ2n) is 5.56. The first-order chi connectivity index (χ1) is 10.5. The van der Waals surface area contributed by atoms with Gasteiger partial charge in [-0.25, -0.2) is 0 Å². The van der Waals surface area contributed by atoms with E-state index in [0.29, 0.717) is 17.4 Å². The molecule has 1 aliphatic rings. The molecule has 4 N–H and O–H groups in total. The molecule has 0 aliphatic carbocycles. The van der Waals surface area contributed by atoms with E-state index in [1.807, 2.05) is 12.1 Å². The number of primary amides is 1. The zero-order valence-electron chi connectivity index (χ0n) is 13.0. The third kappa shape index (κ3) is 3.22. The van der Waals surface area contributed by atoms with Crippen LogP contribution in [0.25, 0.3) is 0 Å². The van der Waals surface area contributed by atoms with Gasteiger partial charge in [0, 0.05) is 6.04 Å². The predicted octanol–water partition coefficient (Wildman–Crippen LogP) is 1.33. The van der Waals surface area contributed by atoms with Crippen LogP contribution in [0.5, 0.6) is 5.75 Å². The molecule has 1 aromatic rings. The maximum Gasteiger partial charge on any atom is 0.265 e. The van der Waals surface area contributed by atoms with E-state index in [0.717, 1.165) is 18.4 Å². The molecule has 0 radical (unpaired) electrons. The highest BCUT2D eigenvalue weighted by Gasteiger charge is 2.28. The lowest BCUT2D eigenvalue weighted by Gasteiger charge is -2.30. The topological polar surface area (TPSA) is 98.6 Å². The molecule has 0 saturated heterocycles. The minimum Gasteiger partial charge on any atom is -0.482 e. The summed E-state index contributed by atoms with van der Waals surface area (Å²) in [5.74, 6) is 0.0969. The first-order valence-electron chi connectivity index (χ1n) is 7.58. The Morgan fingerprint density at radius 2 is 2.05 bits per heavy atom. The summed E-state index contributed by atoms with van der Waals surface area (Å²) in [5, 5.41) is 0. The Morgan fingerprint density at radius 3 is 2.64 bits per heavy atom. The Labute approximate surface area is 130 Å². The molecule has 2 amide bonds. The van der Waals surface area contributed by atoms with Crippen LogP contribution in [0.1, 0.15) is 38.3 Å². The number of nitrogens with zero attached hydrogens (tertiary/aromatic N) is 1. The minimum atomic E-state index is -0.559. The molecule has 2 rings (SSSR count). The molecule has 22 heavy (non-hydrogen) atoms. The third-order valence-corrected chi connectivity index (χ3v) is 4.18. The average Bonchev–Trinajstić information content (AvgIpc) is 2.50. The molecule has 0 bridgehead atoms. The lowest BCUT2D eigenvalue weighted by atomic mass is 9.89. The van der Waals surface area contributed by atoms with Gasteiger partial charge < -0.3 is 16.2 Å². The largest absolute Gasteiger partial charge is 0.482 e. The van der Waals surface area contributed by atoms with E-state index in [9.17, 15) is 9.59 Å². The van der Waals surface area contributed by atoms with E-state index in [-0.39, 0.29) is 25.1 Å². The van der Waals surface area contributed by atoms with Crippen LogP contribution in [0.15, 0.2) is 18.2 Å². The van der Waals surface area contributed by atoms with Crippen LogP contribution < -0.4 is 21.1 Å². The van der Waals surface area contributed by atoms with Gasteiger partial charge in [-0.3, -0.25) is 14.5 Å². The van der Waals surface area contributed by atoms with Crippen molar-refractivity contribution in [3.8, 4) is 5.75 Å². The zero-order valence-corrected chi connectivity index (χ0v) is 13.0. The van der Waals surface area contributed by atoms with E-state index >= 15 is 0 Å². The van der Waals surface area contributed by atoms with Gasteiger partial charge in [0.1, 0.15) is 12.3 Å². The van der Waals surface area contributed by atoms with Crippen LogP contribution in [0.2, 0.25) is 0 Å². The summed E-state index contributed by atoms with van der Waals surface area (Å²) < 4.78 is 5.41. The Balaban J connectivity index is 2.37. The molecular weight excluding hydrogens is 282 g/mol.